The van der Waals surface area contributed by atoms with Gasteiger partial charge in [0.1, 0.15) is 11.6 Å². The molecule has 1 aromatic rings. The SMILES string of the molecule is N#Cc1ccnc(NCC2(O)CCC2)c1[N+](=O)[O-]. The average Bonchev–Trinajstić information content (AvgIpc) is 2.33. The van der Waals surface area contributed by atoms with Gasteiger partial charge in [-0.1, -0.05) is 0 Å². The first-order valence-electron chi connectivity index (χ1n) is 5.55. The van der Waals surface area contributed by atoms with Crippen LogP contribution in [0, 0.1) is 21.4 Å². The molecular formula is C11H12N4O3. The number of hydrogen-bond acceptors (Lipinski definition) is 6. The summed E-state index contributed by atoms with van der Waals surface area (Å²) in [6.07, 6.45) is 3.63. The van der Waals surface area contributed by atoms with Crippen LogP contribution >= 0.6 is 0 Å². The van der Waals surface area contributed by atoms with Gasteiger partial charge in [-0.3, -0.25) is 10.1 Å². The number of nitro groups is 1. The molecule has 1 heterocycles. The third-order valence-corrected chi connectivity index (χ3v) is 3.10. The molecule has 0 aliphatic heterocycles. The fraction of sp³-hybridized carbons (Fsp3) is 0.455. The van der Waals surface area contributed by atoms with Gasteiger partial charge < -0.3 is 10.4 Å². The Kier molecular flexibility index (Phi) is 3.12. The van der Waals surface area contributed by atoms with Crippen molar-refractivity contribution < 1.29 is 10.0 Å². The minimum absolute atomic E-state index is 0.0272. The number of pyridine rings is 1. The summed E-state index contributed by atoms with van der Waals surface area (Å²) in [6, 6.07) is 3.05. The van der Waals surface area contributed by atoms with E-state index in [1.807, 2.05) is 0 Å². The van der Waals surface area contributed by atoms with Gasteiger partial charge in [0.2, 0.25) is 5.82 Å². The van der Waals surface area contributed by atoms with Gasteiger partial charge in [0.25, 0.3) is 0 Å². The Morgan fingerprint density at radius 3 is 2.89 bits per heavy atom. The van der Waals surface area contributed by atoms with Crippen LogP contribution in [0.3, 0.4) is 0 Å². The highest BCUT2D eigenvalue weighted by Gasteiger charge is 2.35. The van der Waals surface area contributed by atoms with Crippen molar-refractivity contribution in [2.24, 2.45) is 0 Å². The molecule has 0 saturated heterocycles. The zero-order valence-electron chi connectivity index (χ0n) is 9.59. The second kappa shape index (κ2) is 4.58. The normalized spacial score (nSPS) is 16.4. The number of nitriles is 1. The van der Waals surface area contributed by atoms with Crippen molar-refractivity contribution in [2.75, 3.05) is 11.9 Å². The van der Waals surface area contributed by atoms with Gasteiger partial charge in [-0.2, -0.15) is 5.26 Å². The van der Waals surface area contributed by atoms with Crippen LogP contribution in [0.15, 0.2) is 12.3 Å². The third-order valence-electron chi connectivity index (χ3n) is 3.10. The summed E-state index contributed by atoms with van der Waals surface area (Å²) in [5.41, 5.74) is -1.20. The minimum atomic E-state index is -0.807. The van der Waals surface area contributed by atoms with E-state index in [-0.39, 0.29) is 23.6 Å². The maximum Gasteiger partial charge on any atom is 0.328 e. The zero-order chi connectivity index (χ0) is 13.2. The van der Waals surface area contributed by atoms with Gasteiger partial charge in [0.05, 0.1) is 10.5 Å². The maximum absolute atomic E-state index is 10.9. The van der Waals surface area contributed by atoms with E-state index in [1.54, 1.807) is 6.07 Å². The largest absolute Gasteiger partial charge is 0.388 e. The van der Waals surface area contributed by atoms with E-state index in [0.29, 0.717) is 12.8 Å². The van der Waals surface area contributed by atoms with E-state index < -0.39 is 10.5 Å². The maximum atomic E-state index is 10.9. The van der Waals surface area contributed by atoms with E-state index >= 15 is 0 Å². The van der Waals surface area contributed by atoms with Gasteiger partial charge >= 0.3 is 5.69 Å². The Balaban J connectivity index is 2.22. The van der Waals surface area contributed by atoms with Crippen LogP contribution in [-0.4, -0.2) is 27.2 Å². The lowest BCUT2D eigenvalue weighted by Crippen LogP contribution is -2.43. The molecule has 0 aromatic carbocycles. The van der Waals surface area contributed by atoms with Crippen LogP contribution in [0.5, 0.6) is 0 Å². The molecule has 94 valence electrons. The van der Waals surface area contributed by atoms with Crippen molar-refractivity contribution in [1.29, 1.82) is 5.26 Å². The fourth-order valence-corrected chi connectivity index (χ4v) is 1.87. The topological polar surface area (TPSA) is 112 Å². The minimum Gasteiger partial charge on any atom is -0.388 e. The Labute approximate surface area is 103 Å². The van der Waals surface area contributed by atoms with Gasteiger partial charge in [-0.05, 0) is 25.3 Å². The van der Waals surface area contributed by atoms with E-state index in [4.69, 9.17) is 5.26 Å². The molecule has 2 rings (SSSR count). The predicted octanol–water partition coefficient (Wildman–Crippen LogP) is 1.19. The smallest absolute Gasteiger partial charge is 0.328 e. The molecule has 7 nitrogen and oxygen atoms in total. The lowest BCUT2D eigenvalue weighted by atomic mass is 9.80. The van der Waals surface area contributed by atoms with Crippen molar-refractivity contribution >= 4 is 11.5 Å². The highest BCUT2D eigenvalue weighted by atomic mass is 16.6. The zero-order valence-corrected chi connectivity index (χ0v) is 9.59. The highest BCUT2D eigenvalue weighted by molar-refractivity contribution is 5.64. The molecular weight excluding hydrogens is 236 g/mol. The number of nitrogens with zero attached hydrogens (tertiary/aromatic N) is 3. The quantitative estimate of drug-likeness (QED) is 0.611. The van der Waals surface area contributed by atoms with Crippen molar-refractivity contribution in [3.8, 4) is 6.07 Å². The Morgan fingerprint density at radius 2 is 2.39 bits per heavy atom. The molecule has 1 saturated carbocycles. The number of nitrogens with one attached hydrogen (secondary N) is 1. The predicted molar refractivity (Wildman–Crippen MR) is 62.9 cm³/mol. The van der Waals surface area contributed by atoms with E-state index in [9.17, 15) is 15.2 Å². The highest BCUT2D eigenvalue weighted by Crippen LogP contribution is 2.33. The fourth-order valence-electron chi connectivity index (χ4n) is 1.87. The molecule has 7 heteroatoms. The second-order valence-electron chi connectivity index (χ2n) is 4.36. The molecule has 2 N–H and O–H groups in total. The van der Waals surface area contributed by atoms with Crippen molar-refractivity contribution in [3.63, 3.8) is 0 Å². The molecule has 18 heavy (non-hydrogen) atoms. The molecule has 0 radical (unpaired) electrons. The van der Waals surface area contributed by atoms with Gasteiger partial charge in [0.15, 0.2) is 0 Å². The molecule has 1 aliphatic carbocycles. The number of aliphatic hydroxyl groups is 1. The standard InChI is InChI=1S/C11H12N4O3/c12-6-8-2-5-13-10(9(8)15(17)18)14-7-11(16)3-1-4-11/h2,5,16H,1,3-4,7H2,(H,13,14). The molecule has 0 spiro atoms. The summed E-state index contributed by atoms with van der Waals surface area (Å²) in [7, 11) is 0. The van der Waals surface area contributed by atoms with E-state index in [1.165, 1.54) is 12.3 Å². The molecule has 0 unspecified atom stereocenters. The Bertz CT molecular complexity index is 520. The van der Waals surface area contributed by atoms with Crippen LogP contribution in [0.2, 0.25) is 0 Å². The number of anilines is 1. The molecule has 0 bridgehead atoms. The first kappa shape index (κ1) is 12.3. The Morgan fingerprint density at radius 1 is 1.67 bits per heavy atom. The van der Waals surface area contributed by atoms with Crippen molar-refractivity contribution in [2.45, 2.75) is 24.9 Å². The number of rotatable bonds is 4. The van der Waals surface area contributed by atoms with Crippen LogP contribution in [0.25, 0.3) is 0 Å². The summed E-state index contributed by atoms with van der Waals surface area (Å²) in [6.45, 7) is 0.204. The first-order chi connectivity index (χ1) is 8.56. The summed E-state index contributed by atoms with van der Waals surface area (Å²) in [5.74, 6) is 0.0272. The molecule has 0 atom stereocenters. The van der Waals surface area contributed by atoms with Crippen LogP contribution in [0.1, 0.15) is 24.8 Å². The summed E-state index contributed by atoms with van der Waals surface area (Å²) in [4.78, 5) is 14.1. The monoisotopic (exact) mass is 248 g/mol. The van der Waals surface area contributed by atoms with Gasteiger partial charge in [-0.25, -0.2) is 4.98 Å². The van der Waals surface area contributed by atoms with Gasteiger partial charge in [-0.15, -0.1) is 0 Å². The average molecular weight is 248 g/mol. The molecule has 0 amide bonds. The van der Waals surface area contributed by atoms with Gasteiger partial charge in [0, 0.05) is 12.7 Å². The Hall–Kier alpha value is -2.20. The first-order valence-corrected chi connectivity index (χ1v) is 5.55. The summed E-state index contributed by atoms with van der Waals surface area (Å²) < 4.78 is 0. The van der Waals surface area contributed by atoms with Crippen molar-refractivity contribution in [3.05, 3.63) is 27.9 Å². The summed E-state index contributed by atoms with van der Waals surface area (Å²) >= 11 is 0. The van der Waals surface area contributed by atoms with E-state index in [0.717, 1.165) is 6.42 Å². The lowest BCUT2D eigenvalue weighted by molar-refractivity contribution is -0.384. The third kappa shape index (κ3) is 2.24. The summed E-state index contributed by atoms with van der Waals surface area (Å²) in [5, 5.41) is 32.4. The molecule has 1 aliphatic rings. The molecule has 1 fully saturated rings. The number of hydrogen-bond donors (Lipinski definition) is 2. The second-order valence-corrected chi connectivity index (χ2v) is 4.36. The van der Waals surface area contributed by atoms with Crippen LogP contribution in [-0.2, 0) is 0 Å². The van der Waals surface area contributed by atoms with Crippen LogP contribution < -0.4 is 5.32 Å². The lowest BCUT2D eigenvalue weighted by Gasteiger charge is -2.36. The molecule has 1 aromatic heterocycles. The van der Waals surface area contributed by atoms with E-state index in [2.05, 4.69) is 10.3 Å². The van der Waals surface area contributed by atoms with Crippen LogP contribution in [0.4, 0.5) is 11.5 Å². The number of aromatic nitrogens is 1. The van der Waals surface area contributed by atoms with Crippen molar-refractivity contribution in [1.82, 2.24) is 4.98 Å².